The van der Waals surface area contributed by atoms with E-state index in [1.54, 1.807) is 13.0 Å². The number of aromatic carboxylic acids is 1. The van der Waals surface area contributed by atoms with Crippen LogP contribution in [0.4, 0.5) is 5.69 Å². The molecule has 1 amide bonds. The number of carbonyl (C=O) groups excluding carboxylic acids is 1. The van der Waals surface area contributed by atoms with Gasteiger partial charge in [0.1, 0.15) is 10.8 Å². The summed E-state index contributed by atoms with van der Waals surface area (Å²) in [6.45, 7) is 1.64. The molecule has 1 aromatic heterocycles. The van der Waals surface area contributed by atoms with Gasteiger partial charge in [-0.15, -0.1) is 0 Å². The van der Waals surface area contributed by atoms with E-state index in [2.05, 4.69) is 10.3 Å². The molecule has 1 aromatic carbocycles. The molecule has 0 spiro atoms. The molecule has 2 aromatic rings. The molecule has 0 atom stereocenters. The Morgan fingerprint density at radius 3 is 2.52 bits per heavy atom. The highest BCUT2D eigenvalue weighted by atomic mass is 35.5. The highest BCUT2D eigenvalue weighted by molar-refractivity contribution is 6.35. The summed E-state index contributed by atoms with van der Waals surface area (Å²) in [6, 6.07) is 7.42. The Morgan fingerprint density at radius 1 is 1.19 bits per heavy atom. The molecule has 0 unspecified atom stereocenters. The van der Waals surface area contributed by atoms with Crippen LogP contribution in [0.2, 0.25) is 10.2 Å². The molecular formula is C14H10Cl2N2O3. The van der Waals surface area contributed by atoms with Crippen molar-refractivity contribution in [2.24, 2.45) is 0 Å². The minimum Gasteiger partial charge on any atom is -0.478 e. The largest absolute Gasteiger partial charge is 0.478 e. The second-order valence-electron chi connectivity index (χ2n) is 4.25. The van der Waals surface area contributed by atoms with Crippen LogP contribution in [0.15, 0.2) is 30.3 Å². The first-order valence-electron chi connectivity index (χ1n) is 5.86. The van der Waals surface area contributed by atoms with Gasteiger partial charge in [0.2, 0.25) is 0 Å². The summed E-state index contributed by atoms with van der Waals surface area (Å²) in [5, 5.41) is 11.9. The lowest BCUT2D eigenvalue weighted by atomic mass is 10.1. The number of benzene rings is 1. The lowest BCUT2D eigenvalue weighted by Crippen LogP contribution is -2.15. The van der Waals surface area contributed by atoms with Crippen LogP contribution in [0, 0.1) is 6.92 Å². The van der Waals surface area contributed by atoms with Crippen molar-refractivity contribution < 1.29 is 14.7 Å². The standard InChI is InChI=1S/C14H10Cl2N2O3/c1-7-6-8(2-3-9(7)14(20)21)17-13(19)12-10(15)4-5-11(16)18-12/h2-6H,1H3,(H,17,19)(H,20,21). The molecule has 0 saturated carbocycles. The third-order valence-corrected chi connectivity index (χ3v) is 3.26. The molecular weight excluding hydrogens is 315 g/mol. The average molecular weight is 325 g/mol. The second kappa shape index (κ2) is 6.11. The maximum absolute atomic E-state index is 12.1. The third-order valence-electron chi connectivity index (χ3n) is 2.74. The van der Waals surface area contributed by atoms with Crippen molar-refractivity contribution in [3.63, 3.8) is 0 Å². The number of amides is 1. The first-order valence-corrected chi connectivity index (χ1v) is 6.61. The zero-order valence-electron chi connectivity index (χ0n) is 10.9. The monoisotopic (exact) mass is 324 g/mol. The summed E-state index contributed by atoms with van der Waals surface area (Å²) < 4.78 is 0. The van der Waals surface area contributed by atoms with Gasteiger partial charge >= 0.3 is 5.97 Å². The van der Waals surface area contributed by atoms with Gasteiger partial charge in [-0.2, -0.15) is 0 Å². The number of aromatic nitrogens is 1. The number of rotatable bonds is 3. The number of carbonyl (C=O) groups is 2. The number of carboxylic acid groups (broad SMARTS) is 1. The van der Waals surface area contributed by atoms with Crippen LogP contribution in [0.5, 0.6) is 0 Å². The van der Waals surface area contributed by atoms with Crippen molar-refractivity contribution in [1.82, 2.24) is 4.98 Å². The van der Waals surface area contributed by atoms with Gasteiger partial charge in [0.25, 0.3) is 5.91 Å². The smallest absolute Gasteiger partial charge is 0.335 e. The molecule has 0 bridgehead atoms. The molecule has 2 rings (SSSR count). The maximum Gasteiger partial charge on any atom is 0.335 e. The lowest BCUT2D eigenvalue weighted by molar-refractivity contribution is 0.0696. The molecule has 0 aliphatic heterocycles. The molecule has 2 N–H and O–H groups in total. The van der Waals surface area contributed by atoms with Crippen molar-refractivity contribution in [3.8, 4) is 0 Å². The fourth-order valence-corrected chi connectivity index (χ4v) is 2.09. The van der Waals surface area contributed by atoms with Crippen LogP contribution in [0.25, 0.3) is 0 Å². The third kappa shape index (κ3) is 3.51. The molecule has 1 heterocycles. The summed E-state index contributed by atoms with van der Waals surface area (Å²) >= 11 is 11.6. The molecule has 0 radical (unpaired) electrons. The zero-order chi connectivity index (χ0) is 15.6. The minimum absolute atomic E-state index is 0.00382. The first-order chi connectivity index (χ1) is 9.88. The Labute approximate surface area is 130 Å². The fraction of sp³-hybridized carbons (Fsp3) is 0.0714. The number of halogens is 2. The van der Waals surface area contributed by atoms with E-state index in [9.17, 15) is 9.59 Å². The SMILES string of the molecule is Cc1cc(NC(=O)c2nc(Cl)ccc2Cl)ccc1C(=O)O. The van der Waals surface area contributed by atoms with Crippen molar-refractivity contribution in [2.45, 2.75) is 6.92 Å². The van der Waals surface area contributed by atoms with Crippen LogP contribution in [0.3, 0.4) is 0 Å². The summed E-state index contributed by atoms with van der Waals surface area (Å²) in [5.74, 6) is -1.55. The van der Waals surface area contributed by atoms with Gasteiger partial charge in [-0.05, 0) is 42.8 Å². The van der Waals surface area contributed by atoms with Crippen molar-refractivity contribution in [2.75, 3.05) is 5.32 Å². The lowest BCUT2D eigenvalue weighted by Gasteiger charge is -2.08. The highest BCUT2D eigenvalue weighted by Crippen LogP contribution is 2.20. The van der Waals surface area contributed by atoms with Crippen LogP contribution in [0.1, 0.15) is 26.4 Å². The van der Waals surface area contributed by atoms with Gasteiger partial charge in [0.15, 0.2) is 0 Å². The van der Waals surface area contributed by atoms with E-state index in [4.69, 9.17) is 28.3 Å². The van der Waals surface area contributed by atoms with Gasteiger partial charge in [0.05, 0.1) is 10.6 Å². The molecule has 21 heavy (non-hydrogen) atoms. The molecule has 0 aliphatic carbocycles. The van der Waals surface area contributed by atoms with E-state index < -0.39 is 11.9 Å². The Balaban J connectivity index is 2.26. The number of pyridine rings is 1. The number of nitrogens with zero attached hydrogens (tertiary/aromatic N) is 1. The summed E-state index contributed by atoms with van der Waals surface area (Å²) in [7, 11) is 0. The zero-order valence-corrected chi connectivity index (χ0v) is 12.4. The van der Waals surface area contributed by atoms with Crippen LogP contribution < -0.4 is 5.32 Å². The second-order valence-corrected chi connectivity index (χ2v) is 5.05. The summed E-state index contributed by atoms with van der Waals surface area (Å²) in [5.41, 5.74) is 1.15. The number of aryl methyl sites for hydroxylation is 1. The van der Waals surface area contributed by atoms with Crippen LogP contribution in [-0.4, -0.2) is 22.0 Å². The Kier molecular flexibility index (Phi) is 4.45. The van der Waals surface area contributed by atoms with Gasteiger partial charge in [0, 0.05) is 5.69 Å². The molecule has 0 aliphatic rings. The van der Waals surface area contributed by atoms with Crippen molar-refractivity contribution in [1.29, 1.82) is 0 Å². The fourth-order valence-electron chi connectivity index (χ4n) is 1.75. The molecule has 5 nitrogen and oxygen atoms in total. The van der Waals surface area contributed by atoms with Crippen molar-refractivity contribution >= 4 is 40.8 Å². The van der Waals surface area contributed by atoms with Crippen LogP contribution >= 0.6 is 23.2 Å². The Bertz CT molecular complexity index is 732. The molecule has 108 valence electrons. The number of nitrogens with one attached hydrogen (secondary N) is 1. The molecule has 0 saturated heterocycles. The number of hydrogen-bond donors (Lipinski definition) is 2. The predicted molar refractivity (Wildman–Crippen MR) is 80.3 cm³/mol. The molecule has 0 fully saturated rings. The van der Waals surface area contributed by atoms with E-state index in [1.165, 1.54) is 24.3 Å². The number of hydrogen-bond acceptors (Lipinski definition) is 3. The van der Waals surface area contributed by atoms with E-state index in [-0.39, 0.29) is 21.4 Å². The Hall–Kier alpha value is -2.11. The topological polar surface area (TPSA) is 79.3 Å². The van der Waals surface area contributed by atoms with Crippen molar-refractivity contribution in [3.05, 3.63) is 57.3 Å². The van der Waals surface area contributed by atoms with Gasteiger partial charge < -0.3 is 10.4 Å². The van der Waals surface area contributed by atoms with Gasteiger partial charge in [-0.25, -0.2) is 9.78 Å². The number of anilines is 1. The van der Waals surface area contributed by atoms with Crippen LogP contribution in [-0.2, 0) is 0 Å². The minimum atomic E-state index is -1.02. The average Bonchev–Trinajstić information content (AvgIpc) is 2.41. The van der Waals surface area contributed by atoms with E-state index in [0.29, 0.717) is 11.3 Å². The van der Waals surface area contributed by atoms with E-state index in [1.807, 2.05) is 0 Å². The first kappa shape index (κ1) is 15.3. The maximum atomic E-state index is 12.1. The summed E-state index contributed by atoms with van der Waals surface area (Å²) in [4.78, 5) is 26.9. The van der Waals surface area contributed by atoms with E-state index >= 15 is 0 Å². The Morgan fingerprint density at radius 2 is 1.90 bits per heavy atom. The highest BCUT2D eigenvalue weighted by Gasteiger charge is 2.14. The van der Waals surface area contributed by atoms with Gasteiger partial charge in [-0.3, -0.25) is 4.79 Å². The quantitative estimate of drug-likeness (QED) is 0.844. The van der Waals surface area contributed by atoms with Gasteiger partial charge in [-0.1, -0.05) is 23.2 Å². The normalized spacial score (nSPS) is 10.2. The molecule has 7 heteroatoms. The number of carboxylic acids is 1. The summed E-state index contributed by atoms with van der Waals surface area (Å²) in [6.07, 6.45) is 0. The predicted octanol–water partition coefficient (Wildman–Crippen LogP) is 3.65. The van der Waals surface area contributed by atoms with E-state index in [0.717, 1.165) is 0 Å².